The largest absolute Gasteiger partial charge is 0.482 e. The lowest BCUT2D eigenvalue weighted by Gasteiger charge is -2.10. The summed E-state index contributed by atoms with van der Waals surface area (Å²) in [5.41, 5.74) is 11.3. The van der Waals surface area contributed by atoms with Crippen molar-refractivity contribution in [1.29, 1.82) is 0 Å². The number of carbonyl (C=O) groups excluding carboxylic acids is 3. The second-order valence-corrected chi connectivity index (χ2v) is 4.25. The van der Waals surface area contributed by atoms with Crippen LogP contribution in [0.1, 0.15) is 17.3 Å². The van der Waals surface area contributed by atoms with Crippen molar-refractivity contribution in [2.24, 2.45) is 5.73 Å². The molecule has 8 heteroatoms. The fraction of sp³-hybridized carbons (Fsp3) is 0.308. The Hall–Kier alpha value is -2.77. The molecule has 0 atom stereocenters. The minimum atomic E-state index is -0.639. The summed E-state index contributed by atoms with van der Waals surface area (Å²) in [6.45, 7) is 1.70. The van der Waals surface area contributed by atoms with E-state index in [-0.39, 0.29) is 24.2 Å². The average molecular weight is 294 g/mol. The van der Waals surface area contributed by atoms with E-state index >= 15 is 0 Å². The molecule has 0 saturated heterocycles. The summed E-state index contributed by atoms with van der Waals surface area (Å²) >= 11 is 0. The highest BCUT2D eigenvalue weighted by atomic mass is 16.5. The molecule has 0 heterocycles. The first kappa shape index (κ1) is 16.3. The number of amides is 3. The molecule has 1 aromatic carbocycles. The van der Waals surface area contributed by atoms with Gasteiger partial charge >= 0.3 is 0 Å². The van der Waals surface area contributed by atoms with Gasteiger partial charge in [0.2, 0.25) is 5.91 Å². The van der Waals surface area contributed by atoms with Crippen molar-refractivity contribution in [3.05, 3.63) is 23.8 Å². The number of carbonyl (C=O) groups is 3. The lowest BCUT2D eigenvalue weighted by molar-refractivity contribution is -0.120. The third-order valence-corrected chi connectivity index (χ3v) is 2.43. The molecule has 1 aromatic rings. The number of primary amides is 1. The summed E-state index contributed by atoms with van der Waals surface area (Å²) in [6.07, 6.45) is 0. The zero-order valence-corrected chi connectivity index (χ0v) is 11.6. The fourth-order valence-electron chi connectivity index (χ4n) is 1.47. The average Bonchev–Trinajstić information content (AvgIpc) is 2.42. The Morgan fingerprint density at radius 2 is 1.86 bits per heavy atom. The van der Waals surface area contributed by atoms with Crippen LogP contribution in [0.2, 0.25) is 0 Å². The second kappa shape index (κ2) is 7.73. The molecule has 0 aliphatic carbocycles. The van der Waals surface area contributed by atoms with Gasteiger partial charge in [0.15, 0.2) is 6.61 Å². The maximum atomic E-state index is 11.9. The van der Waals surface area contributed by atoms with E-state index in [1.54, 1.807) is 0 Å². The molecule has 1 rings (SSSR count). The molecule has 0 saturated carbocycles. The molecule has 21 heavy (non-hydrogen) atoms. The van der Waals surface area contributed by atoms with Crippen LogP contribution < -0.4 is 26.8 Å². The number of ether oxygens (including phenoxy) is 1. The van der Waals surface area contributed by atoms with Crippen LogP contribution in [0.15, 0.2) is 18.2 Å². The number of benzene rings is 1. The smallest absolute Gasteiger partial charge is 0.255 e. The normalized spacial score (nSPS) is 9.76. The standard InChI is InChI=1S/C13H18N4O4/c1-8(18)16-4-5-17-13(20)9-2-3-10(14)11(6-9)21-7-12(15)19/h2-3,6H,4-5,7,14H2,1H3,(H2,15,19)(H,16,18)(H,17,20). The monoisotopic (exact) mass is 294 g/mol. The van der Waals surface area contributed by atoms with Gasteiger partial charge in [-0.2, -0.15) is 0 Å². The highest BCUT2D eigenvalue weighted by Gasteiger charge is 2.09. The minimum Gasteiger partial charge on any atom is -0.482 e. The number of anilines is 1. The zero-order valence-electron chi connectivity index (χ0n) is 11.6. The van der Waals surface area contributed by atoms with Crippen LogP contribution in [0.3, 0.4) is 0 Å². The summed E-state index contributed by atoms with van der Waals surface area (Å²) in [7, 11) is 0. The van der Waals surface area contributed by atoms with Crippen molar-refractivity contribution < 1.29 is 19.1 Å². The Labute approximate surface area is 121 Å². The van der Waals surface area contributed by atoms with Crippen LogP contribution in [0.4, 0.5) is 5.69 Å². The summed E-state index contributed by atoms with van der Waals surface area (Å²) in [5.74, 6) is -0.939. The molecule has 3 amide bonds. The lowest BCUT2D eigenvalue weighted by Crippen LogP contribution is -2.33. The topological polar surface area (TPSA) is 137 Å². The molecule has 0 fully saturated rings. The van der Waals surface area contributed by atoms with E-state index in [2.05, 4.69) is 10.6 Å². The van der Waals surface area contributed by atoms with Gasteiger partial charge in [0.1, 0.15) is 5.75 Å². The van der Waals surface area contributed by atoms with Crippen molar-refractivity contribution in [3.8, 4) is 5.75 Å². The molecule has 0 spiro atoms. The number of hydrogen-bond acceptors (Lipinski definition) is 5. The lowest BCUT2D eigenvalue weighted by atomic mass is 10.2. The highest BCUT2D eigenvalue weighted by Crippen LogP contribution is 2.22. The highest BCUT2D eigenvalue weighted by molar-refractivity contribution is 5.95. The van der Waals surface area contributed by atoms with Gasteiger partial charge in [-0.25, -0.2) is 0 Å². The third-order valence-electron chi connectivity index (χ3n) is 2.43. The number of nitrogens with one attached hydrogen (secondary N) is 2. The molecule has 0 aliphatic rings. The van der Waals surface area contributed by atoms with Crippen LogP contribution in [0.5, 0.6) is 5.75 Å². The van der Waals surface area contributed by atoms with E-state index in [1.165, 1.54) is 25.1 Å². The predicted molar refractivity (Wildman–Crippen MR) is 76.6 cm³/mol. The van der Waals surface area contributed by atoms with Gasteiger partial charge in [0.25, 0.3) is 11.8 Å². The Morgan fingerprint density at radius 3 is 2.48 bits per heavy atom. The number of nitrogen functional groups attached to an aromatic ring is 1. The third kappa shape index (κ3) is 5.81. The molecule has 0 aromatic heterocycles. The maximum Gasteiger partial charge on any atom is 0.255 e. The maximum absolute atomic E-state index is 11.9. The van der Waals surface area contributed by atoms with Gasteiger partial charge in [-0.3, -0.25) is 14.4 Å². The van der Waals surface area contributed by atoms with Crippen molar-refractivity contribution in [1.82, 2.24) is 10.6 Å². The molecule has 6 N–H and O–H groups in total. The zero-order chi connectivity index (χ0) is 15.8. The first-order chi connectivity index (χ1) is 9.90. The van der Waals surface area contributed by atoms with Crippen molar-refractivity contribution >= 4 is 23.4 Å². The van der Waals surface area contributed by atoms with Gasteiger partial charge in [0.05, 0.1) is 5.69 Å². The minimum absolute atomic E-state index is 0.168. The van der Waals surface area contributed by atoms with Gasteiger partial charge in [-0.15, -0.1) is 0 Å². The van der Waals surface area contributed by atoms with E-state index in [1.807, 2.05) is 0 Å². The number of nitrogens with two attached hydrogens (primary N) is 2. The van der Waals surface area contributed by atoms with E-state index < -0.39 is 5.91 Å². The van der Waals surface area contributed by atoms with Crippen LogP contribution in [-0.4, -0.2) is 37.4 Å². The van der Waals surface area contributed by atoms with Crippen LogP contribution in [-0.2, 0) is 9.59 Å². The Balaban J connectivity index is 2.61. The van der Waals surface area contributed by atoms with E-state index in [0.717, 1.165) is 0 Å². The second-order valence-electron chi connectivity index (χ2n) is 4.25. The molecule has 0 aliphatic heterocycles. The Bertz CT molecular complexity index is 545. The SMILES string of the molecule is CC(=O)NCCNC(=O)c1ccc(N)c(OCC(N)=O)c1. The Morgan fingerprint density at radius 1 is 1.19 bits per heavy atom. The molecule has 0 unspecified atom stereocenters. The van der Waals surface area contributed by atoms with Crippen molar-refractivity contribution in [3.63, 3.8) is 0 Å². The molecular weight excluding hydrogens is 276 g/mol. The van der Waals surface area contributed by atoms with Crippen LogP contribution in [0.25, 0.3) is 0 Å². The van der Waals surface area contributed by atoms with E-state index in [0.29, 0.717) is 24.3 Å². The first-order valence-electron chi connectivity index (χ1n) is 6.23. The van der Waals surface area contributed by atoms with Crippen molar-refractivity contribution in [2.75, 3.05) is 25.4 Å². The van der Waals surface area contributed by atoms with E-state index in [9.17, 15) is 14.4 Å². The number of hydrogen-bond donors (Lipinski definition) is 4. The summed E-state index contributed by atoms with van der Waals surface area (Å²) < 4.78 is 5.11. The van der Waals surface area contributed by atoms with Crippen LogP contribution >= 0.6 is 0 Å². The van der Waals surface area contributed by atoms with Gasteiger partial charge < -0.3 is 26.8 Å². The van der Waals surface area contributed by atoms with Gasteiger partial charge in [0, 0.05) is 25.6 Å². The summed E-state index contributed by atoms with van der Waals surface area (Å²) in [4.78, 5) is 33.2. The van der Waals surface area contributed by atoms with Crippen LogP contribution in [0, 0.1) is 0 Å². The number of rotatable bonds is 7. The summed E-state index contributed by atoms with van der Waals surface area (Å²) in [5, 5.41) is 5.18. The van der Waals surface area contributed by atoms with Gasteiger partial charge in [-0.05, 0) is 18.2 Å². The molecule has 0 radical (unpaired) electrons. The predicted octanol–water partition coefficient (Wildman–Crippen LogP) is -1.00. The molecular formula is C13H18N4O4. The molecule has 8 nitrogen and oxygen atoms in total. The summed E-state index contributed by atoms with van der Waals surface area (Å²) in [6, 6.07) is 4.45. The first-order valence-corrected chi connectivity index (χ1v) is 6.23. The van der Waals surface area contributed by atoms with Gasteiger partial charge in [-0.1, -0.05) is 0 Å². The molecule has 0 bridgehead atoms. The van der Waals surface area contributed by atoms with E-state index in [4.69, 9.17) is 16.2 Å². The Kier molecular flexibility index (Phi) is 5.99. The molecule has 114 valence electrons. The quantitative estimate of drug-likeness (QED) is 0.377. The fourth-order valence-corrected chi connectivity index (χ4v) is 1.47. The van der Waals surface area contributed by atoms with Crippen molar-refractivity contribution in [2.45, 2.75) is 6.92 Å².